The fraction of sp³-hybridized carbons (Fsp3) is 0.882. The molecule has 1 saturated carbocycles. The summed E-state index contributed by atoms with van der Waals surface area (Å²) < 4.78 is 12.9. The fourth-order valence-electron chi connectivity index (χ4n) is 4.07. The summed E-state index contributed by atoms with van der Waals surface area (Å²) in [5.41, 5.74) is 0. The van der Waals surface area contributed by atoms with Crippen molar-refractivity contribution >= 4 is 0 Å². The molecule has 0 amide bonds. The highest BCUT2D eigenvalue weighted by Crippen LogP contribution is 2.51. The molecule has 0 bridgehead atoms. The number of rotatable bonds is 4. The summed E-state index contributed by atoms with van der Waals surface area (Å²) in [4.78, 5) is 0. The molecular formula is C17H28O2. The molecule has 1 heterocycles. The van der Waals surface area contributed by atoms with E-state index in [4.69, 9.17) is 9.47 Å². The van der Waals surface area contributed by atoms with E-state index >= 15 is 0 Å². The van der Waals surface area contributed by atoms with Crippen LogP contribution in [0.4, 0.5) is 0 Å². The maximum absolute atomic E-state index is 6.51. The van der Waals surface area contributed by atoms with Gasteiger partial charge in [-0.3, -0.25) is 0 Å². The Bertz CT molecular complexity index is 338. The molecule has 1 saturated heterocycles. The molecule has 3 rings (SSSR count). The number of fused-ring (bicyclic) bond motifs is 1. The van der Waals surface area contributed by atoms with Crippen LogP contribution in [0.25, 0.3) is 0 Å². The number of hydrogen-bond acceptors (Lipinski definition) is 2. The lowest BCUT2D eigenvalue weighted by Gasteiger charge is -2.33. The number of ether oxygens (including phenoxy) is 2. The van der Waals surface area contributed by atoms with Crippen LogP contribution >= 0.6 is 0 Å². The molecular weight excluding hydrogens is 236 g/mol. The normalized spacial score (nSPS) is 43.4. The summed E-state index contributed by atoms with van der Waals surface area (Å²) >= 11 is 0. The Hall–Kier alpha value is -0.340. The van der Waals surface area contributed by atoms with Crippen molar-refractivity contribution in [3.63, 3.8) is 0 Å². The second kappa shape index (κ2) is 5.57. The van der Waals surface area contributed by atoms with Crippen LogP contribution < -0.4 is 0 Å². The van der Waals surface area contributed by atoms with Gasteiger partial charge >= 0.3 is 0 Å². The third kappa shape index (κ3) is 2.62. The van der Waals surface area contributed by atoms with Crippen molar-refractivity contribution in [2.75, 3.05) is 0 Å². The third-order valence-electron chi connectivity index (χ3n) is 5.31. The molecule has 0 N–H and O–H groups in total. The Morgan fingerprint density at radius 1 is 1.37 bits per heavy atom. The zero-order valence-electron chi connectivity index (χ0n) is 12.4. The van der Waals surface area contributed by atoms with E-state index in [0.717, 1.165) is 12.8 Å². The Morgan fingerprint density at radius 3 is 3.00 bits per heavy atom. The minimum absolute atomic E-state index is 0.231. The van der Waals surface area contributed by atoms with E-state index < -0.39 is 0 Å². The first kappa shape index (κ1) is 13.6. The van der Waals surface area contributed by atoms with Crippen molar-refractivity contribution in [1.82, 2.24) is 0 Å². The number of allylic oxidation sites excluding steroid dienone is 1. The van der Waals surface area contributed by atoms with Crippen LogP contribution in [-0.4, -0.2) is 18.0 Å². The predicted molar refractivity (Wildman–Crippen MR) is 76.9 cm³/mol. The summed E-state index contributed by atoms with van der Waals surface area (Å²) in [7, 11) is 0. The van der Waals surface area contributed by atoms with Gasteiger partial charge in [0, 0.05) is 18.3 Å². The van der Waals surface area contributed by atoms with Crippen LogP contribution in [0.2, 0.25) is 0 Å². The van der Waals surface area contributed by atoms with Crippen LogP contribution in [0, 0.1) is 11.8 Å². The molecule has 0 aromatic rings. The first-order chi connectivity index (χ1) is 9.23. The zero-order valence-corrected chi connectivity index (χ0v) is 12.4. The van der Waals surface area contributed by atoms with Gasteiger partial charge in [0.15, 0.2) is 5.79 Å². The molecule has 19 heavy (non-hydrogen) atoms. The SMILES string of the molecule is CCC(C)OC12CCCC1CC(C1C=CCCC1)O2. The van der Waals surface area contributed by atoms with Gasteiger partial charge in [0.2, 0.25) is 0 Å². The molecule has 0 aromatic carbocycles. The highest BCUT2D eigenvalue weighted by atomic mass is 16.7. The topological polar surface area (TPSA) is 18.5 Å². The van der Waals surface area contributed by atoms with E-state index in [1.165, 1.54) is 38.5 Å². The monoisotopic (exact) mass is 264 g/mol. The third-order valence-corrected chi connectivity index (χ3v) is 5.31. The van der Waals surface area contributed by atoms with Crippen LogP contribution in [0.5, 0.6) is 0 Å². The zero-order chi connectivity index (χ0) is 13.3. The van der Waals surface area contributed by atoms with Crippen molar-refractivity contribution in [2.45, 2.75) is 83.2 Å². The summed E-state index contributed by atoms with van der Waals surface area (Å²) in [6, 6.07) is 0. The average Bonchev–Trinajstić information content (AvgIpc) is 2.96. The second-order valence-electron chi connectivity index (χ2n) is 6.65. The lowest BCUT2D eigenvalue weighted by Crippen LogP contribution is -2.38. The molecule has 2 nitrogen and oxygen atoms in total. The predicted octanol–water partition coefficient (Wildman–Crippen LogP) is 4.44. The Morgan fingerprint density at radius 2 is 2.26 bits per heavy atom. The Balaban J connectivity index is 1.69. The Labute approximate surface area is 117 Å². The first-order valence-corrected chi connectivity index (χ1v) is 8.26. The molecule has 3 aliphatic rings. The molecule has 2 aliphatic carbocycles. The van der Waals surface area contributed by atoms with Crippen LogP contribution in [-0.2, 0) is 9.47 Å². The van der Waals surface area contributed by atoms with Gasteiger partial charge in [-0.15, -0.1) is 0 Å². The average molecular weight is 264 g/mol. The van der Waals surface area contributed by atoms with Crippen LogP contribution in [0.15, 0.2) is 12.2 Å². The molecule has 1 aliphatic heterocycles. The van der Waals surface area contributed by atoms with Gasteiger partial charge in [-0.25, -0.2) is 0 Å². The van der Waals surface area contributed by atoms with Gasteiger partial charge in [0.25, 0.3) is 0 Å². The van der Waals surface area contributed by atoms with Gasteiger partial charge in [-0.05, 0) is 51.9 Å². The van der Waals surface area contributed by atoms with Crippen molar-refractivity contribution in [1.29, 1.82) is 0 Å². The summed E-state index contributed by atoms with van der Waals surface area (Å²) in [5, 5.41) is 0. The molecule has 0 radical (unpaired) electrons. The van der Waals surface area contributed by atoms with Crippen molar-refractivity contribution in [2.24, 2.45) is 11.8 Å². The van der Waals surface area contributed by atoms with E-state index in [9.17, 15) is 0 Å². The maximum Gasteiger partial charge on any atom is 0.171 e. The summed E-state index contributed by atoms with van der Waals surface area (Å²) in [6.07, 6.45) is 15.3. The van der Waals surface area contributed by atoms with Gasteiger partial charge in [0.1, 0.15) is 0 Å². The number of hydrogen-bond donors (Lipinski definition) is 0. The first-order valence-electron chi connectivity index (χ1n) is 8.26. The van der Waals surface area contributed by atoms with Crippen LogP contribution in [0.3, 0.4) is 0 Å². The van der Waals surface area contributed by atoms with Gasteiger partial charge in [-0.1, -0.05) is 19.1 Å². The minimum atomic E-state index is -0.231. The standard InChI is InChI=1S/C17H28O2/c1-3-13(2)18-17-11-7-10-15(17)12-16(19-17)14-8-5-4-6-9-14/h5,8,13-16H,3-4,6-7,9-12H2,1-2H3. The van der Waals surface area contributed by atoms with E-state index in [-0.39, 0.29) is 5.79 Å². The van der Waals surface area contributed by atoms with Crippen LogP contribution in [0.1, 0.15) is 65.2 Å². The molecule has 0 aromatic heterocycles. The van der Waals surface area contributed by atoms with E-state index in [2.05, 4.69) is 26.0 Å². The highest BCUT2D eigenvalue weighted by molar-refractivity contribution is 5.03. The molecule has 5 unspecified atom stereocenters. The second-order valence-corrected chi connectivity index (χ2v) is 6.65. The summed E-state index contributed by atoms with van der Waals surface area (Å²) in [6.45, 7) is 4.38. The minimum Gasteiger partial charge on any atom is -0.347 e. The lowest BCUT2D eigenvalue weighted by molar-refractivity contribution is -0.259. The molecule has 0 spiro atoms. The summed E-state index contributed by atoms with van der Waals surface area (Å²) in [5.74, 6) is 1.05. The van der Waals surface area contributed by atoms with Crippen molar-refractivity contribution in [3.05, 3.63) is 12.2 Å². The van der Waals surface area contributed by atoms with Gasteiger partial charge in [-0.2, -0.15) is 0 Å². The van der Waals surface area contributed by atoms with Gasteiger partial charge < -0.3 is 9.47 Å². The highest BCUT2D eigenvalue weighted by Gasteiger charge is 2.54. The molecule has 2 fully saturated rings. The largest absolute Gasteiger partial charge is 0.347 e. The van der Waals surface area contributed by atoms with Gasteiger partial charge in [0.05, 0.1) is 12.2 Å². The quantitative estimate of drug-likeness (QED) is 0.699. The fourth-order valence-corrected chi connectivity index (χ4v) is 4.07. The lowest BCUT2D eigenvalue weighted by atomic mass is 9.87. The van der Waals surface area contributed by atoms with Crippen molar-refractivity contribution < 1.29 is 9.47 Å². The van der Waals surface area contributed by atoms with E-state index in [1.807, 2.05) is 0 Å². The molecule has 108 valence electrons. The molecule has 2 heteroatoms. The maximum atomic E-state index is 6.51. The molecule has 5 atom stereocenters. The van der Waals surface area contributed by atoms with E-state index in [1.54, 1.807) is 0 Å². The Kier molecular flexibility index (Phi) is 4.00. The van der Waals surface area contributed by atoms with E-state index in [0.29, 0.717) is 24.0 Å². The van der Waals surface area contributed by atoms with Crippen molar-refractivity contribution in [3.8, 4) is 0 Å². The smallest absolute Gasteiger partial charge is 0.171 e.